The third kappa shape index (κ3) is 2.66. The molecule has 0 atom stereocenters. The van der Waals surface area contributed by atoms with Crippen LogP contribution in [0.15, 0.2) is 47.8 Å². The monoisotopic (exact) mass is 302 g/mol. The van der Waals surface area contributed by atoms with Crippen molar-refractivity contribution in [2.24, 2.45) is 0 Å². The molecule has 3 rings (SSSR count). The highest BCUT2D eigenvalue weighted by Gasteiger charge is 2.11. The number of thiophene rings is 1. The van der Waals surface area contributed by atoms with Crippen molar-refractivity contribution in [1.29, 1.82) is 0 Å². The van der Waals surface area contributed by atoms with E-state index in [4.69, 9.17) is 11.6 Å². The fraction of sp³-hybridized carbons (Fsp3) is 0.0667. The Bertz CT molecular complexity index is 756. The predicted molar refractivity (Wildman–Crippen MR) is 82.2 cm³/mol. The summed E-state index contributed by atoms with van der Waals surface area (Å²) in [5, 5.41) is 6.21. The second-order valence-electron chi connectivity index (χ2n) is 4.27. The van der Waals surface area contributed by atoms with Crippen molar-refractivity contribution >= 4 is 39.7 Å². The maximum atomic E-state index is 12.1. The highest BCUT2D eigenvalue weighted by atomic mass is 35.5. The number of para-hydroxylation sites is 1. The molecule has 0 unspecified atom stereocenters. The molecule has 2 aromatic heterocycles. The van der Waals surface area contributed by atoms with Crippen LogP contribution in [0.2, 0.25) is 5.02 Å². The molecule has 3 aromatic rings. The second kappa shape index (κ2) is 5.61. The maximum absolute atomic E-state index is 12.1. The van der Waals surface area contributed by atoms with Gasteiger partial charge in [0.1, 0.15) is 5.69 Å². The van der Waals surface area contributed by atoms with Gasteiger partial charge in [0.15, 0.2) is 0 Å². The van der Waals surface area contributed by atoms with Crippen LogP contribution in [0, 0.1) is 0 Å². The summed E-state index contributed by atoms with van der Waals surface area (Å²) in [6.45, 7) is 0.503. The molecule has 0 aliphatic heterocycles. The summed E-state index contributed by atoms with van der Waals surface area (Å²) in [4.78, 5) is 17.6. The van der Waals surface area contributed by atoms with Gasteiger partial charge in [0.2, 0.25) is 0 Å². The second-order valence-corrected chi connectivity index (χ2v) is 5.71. The first-order chi connectivity index (χ1) is 9.74. The lowest BCUT2D eigenvalue weighted by Gasteiger charge is -2.06. The Kier molecular flexibility index (Phi) is 3.67. The lowest BCUT2D eigenvalue weighted by molar-refractivity contribution is 0.0946. The Morgan fingerprint density at radius 3 is 2.90 bits per heavy atom. The Balaban J connectivity index is 1.84. The van der Waals surface area contributed by atoms with Gasteiger partial charge in [0, 0.05) is 10.3 Å². The van der Waals surface area contributed by atoms with Crippen LogP contribution in [0.4, 0.5) is 0 Å². The maximum Gasteiger partial charge on any atom is 0.270 e. The van der Waals surface area contributed by atoms with Crippen molar-refractivity contribution in [2.75, 3.05) is 0 Å². The Morgan fingerprint density at radius 2 is 2.10 bits per heavy atom. The molecule has 0 saturated heterocycles. The van der Waals surface area contributed by atoms with Gasteiger partial charge in [-0.2, -0.15) is 0 Å². The van der Waals surface area contributed by atoms with Gasteiger partial charge >= 0.3 is 0 Å². The normalized spacial score (nSPS) is 10.7. The van der Waals surface area contributed by atoms with Crippen LogP contribution < -0.4 is 5.32 Å². The standard InChI is InChI=1S/C15H11ClN2OS/c16-12-8-14(18-13-6-2-1-5-11(12)13)15(19)17-9-10-4-3-7-20-10/h1-8H,9H2,(H,17,19). The van der Waals surface area contributed by atoms with E-state index in [1.165, 1.54) is 0 Å². The predicted octanol–water partition coefficient (Wildman–Crippen LogP) is 3.88. The summed E-state index contributed by atoms with van der Waals surface area (Å²) in [5.41, 5.74) is 1.06. The number of amides is 1. The first-order valence-corrected chi connectivity index (χ1v) is 7.35. The number of aromatic nitrogens is 1. The number of hydrogen-bond acceptors (Lipinski definition) is 3. The van der Waals surface area contributed by atoms with Crippen molar-refractivity contribution in [2.45, 2.75) is 6.54 Å². The number of halogens is 1. The van der Waals surface area contributed by atoms with Gasteiger partial charge in [-0.25, -0.2) is 4.98 Å². The zero-order valence-electron chi connectivity index (χ0n) is 10.5. The number of nitrogens with one attached hydrogen (secondary N) is 1. The first kappa shape index (κ1) is 13.1. The molecule has 20 heavy (non-hydrogen) atoms. The molecular weight excluding hydrogens is 292 g/mol. The average Bonchev–Trinajstić information content (AvgIpc) is 2.98. The SMILES string of the molecule is O=C(NCc1cccs1)c1cc(Cl)c2ccccc2n1. The zero-order chi connectivity index (χ0) is 13.9. The molecule has 0 spiro atoms. The molecule has 1 N–H and O–H groups in total. The Labute approximate surface area is 125 Å². The number of carbonyl (C=O) groups is 1. The number of nitrogens with zero attached hydrogens (tertiary/aromatic N) is 1. The number of fused-ring (bicyclic) bond motifs is 1. The van der Waals surface area contributed by atoms with Gasteiger partial charge in [0.05, 0.1) is 17.1 Å². The summed E-state index contributed by atoms with van der Waals surface area (Å²) >= 11 is 7.79. The molecule has 1 aromatic carbocycles. The van der Waals surface area contributed by atoms with E-state index in [0.717, 1.165) is 15.8 Å². The van der Waals surface area contributed by atoms with Crippen LogP contribution in [-0.4, -0.2) is 10.9 Å². The van der Waals surface area contributed by atoms with E-state index in [1.807, 2.05) is 41.8 Å². The number of pyridine rings is 1. The summed E-state index contributed by atoms with van der Waals surface area (Å²) in [7, 11) is 0. The Hall–Kier alpha value is -1.91. The molecule has 0 radical (unpaired) electrons. The molecule has 5 heteroatoms. The van der Waals surface area contributed by atoms with E-state index in [1.54, 1.807) is 17.4 Å². The van der Waals surface area contributed by atoms with E-state index in [-0.39, 0.29) is 5.91 Å². The topological polar surface area (TPSA) is 42.0 Å². The minimum atomic E-state index is -0.217. The smallest absolute Gasteiger partial charge is 0.270 e. The van der Waals surface area contributed by atoms with Gasteiger partial charge in [0.25, 0.3) is 5.91 Å². The van der Waals surface area contributed by atoms with E-state index in [0.29, 0.717) is 17.3 Å². The van der Waals surface area contributed by atoms with Crippen LogP contribution in [0.1, 0.15) is 15.4 Å². The summed E-state index contributed by atoms with van der Waals surface area (Å²) in [5.74, 6) is -0.217. The quantitative estimate of drug-likeness (QED) is 0.798. The van der Waals surface area contributed by atoms with E-state index < -0.39 is 0 Å². The number of rotatable bonds is 3. The number of carbonyl (C=O) groups excluding carboxylic acids is 1. The third-order valence-corrected chi connectivity index (χ3v) is 4.09. The fourth-order valence-corrected chi connectivity index (χ4v) is 2.83. The summed E-state index contributed by atoms with van der Waals surface area (Å²) in [6, 6.07) is 13.0. The molecule has 2 heterocycles. The molecule has 0 aliphatic carbocycles. The van der Waals surface area contributed by atoms with Gasteiger partial charge < -0.3 is 5.32 Å². The highest BCUT2D eigenvalue weighted by Crippen LogP contribution is 2.22. The van der Waals surface area contributed by atoms with Crippen molar-refractivity contribution in [3.05, 3.63) is 63.4 Å². The van der Waals surface area contributed by atoms with Gasteiger partial charge in [-0.15, -0.1) is 11.3 Å². The van der Waals surface area contributed by atoms with Gasteiger partial charge in [-0.3, -0.25) is 4.79 Å². The molecular formula is C15H11ClN2OS. The van der Waals surface area contributed by atoms with Crippen molar-refractivity contribution < 1.29 is 4.79 Å². The van der Waals surface area contributed by atoms with Crippen molar-refractivity contribution in [1.82, 2.24) is 10.3 Å². The summed E-state index contributed by atoms with van der Waals surface area (Å²) < 4.78 is 0. The van der Waals surface area contributed by atoms with E-state index >= 15 is 0 Å². The lowest BCUT2D eigenvalue weighted by atomic mass is 10.2. The molecule has 1 amide bonds. The van der Waals surface area contributed by atoms with Crippen LogP contribution >= 0.6 is 22.9 Å². The fourth-order valence-electron chi connectivity index (χ4n) is 1.92. The van der Waals surface area contributed by atoms with Crippen LogP contribution in [0.5, 0.6) is 0 Å². The van der Waals surface area contributed by atoms with Crippen LogP contribution in [0.25, 0.3) is 10.9 Å². The van der Waals surface area contributed by atoms with Gasteiger partial charge in [-0.1, -0.05) is 35.9 Å². The first-order valence-electron chi connectivity index (χ1n) is 6.10. The summed E-state index contributed by atoms with van der Waals surface area (Å²) in [6.07, 6.45) is 0. The van der Waals surface area contributed by atoms with Crippen molar-refractivity contribution in [3.63, 3.8) is 0 Å². The Morgan fingerprint density at radius 1 is 1.25 bits per heavy atom. The molecule has 3 nitrogen and oxygen atoms in total. The van der Waals surface area contributed by atoms with Crippen molar-refractivity contribution in [3.8, 4) is 0 Å². The number of benzene rings is 1. The highest BCUT2D eigenvalue weighted by molar-refractivity contribution is 7.09. The van der Waals surface area contributed by atoms with Crippen LogP contribution in [-0.2, 0) is 6.54 Å². The molecule has 0 aliphatic rings. The lowest BCUT2D eigenvalue weighted by Crippen LogP contribution is -2.23. The average molecular weight is 303 g/mol. The largest absolute Gasteiger partial charge is 0.346 e. The zero-order valence-corrected chi connectivity index (χ0v) is 12.0. The van der Waals surface area contributed by atoms with E-state index in [2.05, 4.69) is 10.3 Å². The third-order valence-electron chi connectivity index (χ3n) is 2.90. The minimum absolute atomic E-state index is 0.217. The molecule has 100 valence electrons. The molecule has 0 saturated carbocycles. The van der Waals surface area contributed by atoms with Gasteiger partial charge in [-0.05, 0) is 23.6 Å². The minimum Gasteiger partial charge on any atom is -0.346 e. The molecule has 0 fully saturated rings. The number of hydrogen-bond donors (Lipinski definition) is 1. The van der Waals surface area contributed by atoms with Crippen LogP contribution in [0.3, 0.4) is 0 Å². The molecule has 0 bridgehead atoms. The van der Waals surface area contributed by atoms with E-state index in [9.17, 15) is 4.79 Å².